The van der Waals surface area contributed by atoms with Crippen molar-refractivity contribution in [2.24, 2.45) is 5.73 Å². The molecule has 1 atom stereocenters. The molecule has 0 fully saturated rings. The van der Waals surface area contributed by atoms with Crippen LogP contribution in [0.25, 0.3) is 0 Å². The minimum Gasteiger partial charge on any atom is -0.359 e. The summed E-state index contributed by atoms with van der Waals surface area (Å²) < 4.78 is 5.76. The Balaban J connectivity index is 2.02. The Bertz CT molecular complexity index is 314. The second kappa shape index (κ2) is 5.26. The SMILES string of the molecule is NCCCOC1NCCc2ccccc21. The summed E-state index contributed by atoms with van der Waals surface area (Å²) in [6.45, 7) is 2.40. The predicted molar refractivity (Wildman–Crippen MR) is 60.5 cm³/mol. The Kier molecular flexibility index (Phi) is 3.72. The van der Waals surface area contributed by atoms with Gasteiger partial charge in [-0.15, -0.1) is 0 Å². The summed E-state index contributed by atoms with van der Waals surface area (Å²) >= 11 is 0. The van der Waals surface area contributed by atoms with E-state index < -0.39 is 0 Å². The monoisotopic (exact) mass is 206 g/mol. The van der Waals surface area contributed by atoms with E-state index in [2.05, 4.69) is 29.6 Å². The first-order valence-corrected chi connectivity index (χ1v) is 5.54. The fourth-order valence-electron chi connectivity index (χ4n) is 1.90. The van der Waals surface area contributed by atoms with E-state index in [1.165, 1.54) is 11.1 Å². The maximum atomic E-state index is 5.76. The lowest BCUT2D eigenvalue weighted by Crippen LogP contribution is -2.32. The lowest BCUT2D eigenvalue weighted by molar-refractivity contribution is 0.0238. The topological polar surface area (TPSA) is 47.3 Å². The molecule has 3 N–H and O–H groups in total. The van der Waals surface area contributed by atoms with Gasteiger partial charge in [-0.25, -0.2) is 0 Å². The molecule has 0 amide bonds. The summed E-state index contributed by atoms with van der Waals surface area (Å²) in [5.41, 5.74) is 8.11. The molecule has 15 heavy (non-hydrogen) atoms. The fraction of sp³-hybridized carbons (Fsp3) is 0.500. The Hall–Kier alpha value is -0.900. The third-order valence-electron chi connectivity index (χ3n) is 2.69. The van der Waals surface area contributed by atoms with Gasteiger partial charge < -0.3 is 10.5 Å². The maximum Gasteiger partial charge on any atom is 0.134 e. The molecule has 0 saturated heterocycles. The first-order chi connectivity index (χ1) is 7.42. The molecule has 3 nitrogen and oxygen atoms in total. The summed E-state index contributed by atoms with van der Waals surface area (Å²) in [6, 6.07) is 8.45. The van der Waals surface area contributed by atoms with E-state index in [0.717, 1.165) is 26.0 Å². The van der Waals surface area contributed by atoms with Crippen LogP contribution in [0.4, 0.5) is 0 Å². The first kappa shape index (κ1) is 10.6. The second-order valence-corrected chi connectivity index (χ2v) is 3.80. The van der Waals surface area contributed by atoms with Crippen molar-refractivity contribution in [3.8, 4) is 0 Å². The van der Waals surface area contributed by atoms with Gasteiger partial charge in [-0.1, -0.05) is 24.3 Å². The number of hydrogen-bond donors (Lipinski definition) is 2. The molecule has 0 spiro atoms. The normalized spacial score (nSPS) is 19.9. The van der Waals surface area contributed by atoms with E-state index in [1.807, 2.05) is 0 Å². The van der Waals surface area contributed by atoms with Crippen molar-refractivity contribution in [1.82, 2.24) is 5.32 Å². The highest BCUT2D eigenvalue weighted by Crippen LogP contribution is 2.23. The number of ether oxygens (including phenoxy) is 1. The highest BCUT2D eigenvalue weighted by molar-refractivity contribution is 5.30. The molecule has 1 aromatic carbocycles. The van der Waals surface area contributed by atoms with Crippen molar-refractivity contribution in [1.29, 1.82) is 0 Å². The lowest BCUT2D eigenvalue weighted by Gasteiger charge is -2.26. The summed E-state index contributed by atoms with van der Waals surface area (Å²) in [5, 5.41) is 3.37. The van der Waals surface area contributed by atoms with Crippen LogP contribution >= 0.6 is 0 Å². The van der Waals surface area contributed by atoms with E-state index in [0.29, 0.717) is 6.54 Å². The van der Waals surface area contributed by atoms with Gasteiger partial charge >= 0.3 is 0 Å². The highest BCUT2D eigenvalue weighted by Gasteiger charge is 2.18. The molecule has 1 unspecified atom stereocenters. The average molecular weight is 206 g/mol. The van der Waals surface area contributed by atoms with Crippen LogP contribution in [-0.2, 0) is 11.2 Å². The zero-order valence-electron chi connectivity index (χ0n) is 8.91. The van der Waals surface area contributed by atoms with E-state index in [1.54, 1.807) is 0 Å². The first-order valence-electron chi connectivity index (χ1n) is 5.54. The summed E-state index contributed by atoms with van der Waals surface area (Å²) in [6.07, 6.45) is 2.06. The molecule has 1 aliphatic rings. The van der Waals surface area contributed by atoms with Gasteiger partial charge in [0, 0.05) is 6.54 Å². The van der Waals surface area contributed by atoms with Crippen LogP contribution < -0.4 is 11.1 Å². The van der Waals surface area contributed by atoms with Crippen molar-refractivity contribution < 1.29 is 4.74 Å². The van der Waals surface area contributed by atoms with Gasteiger partial charge in [0.25, 0.3) is 0 Å². The van der Waals surface area contributed by atoms with E-state index >= 15 is 0 Å². The number of rotatable bonds is 4. The zero-order valence-corrected chi connectivity index (χ0v) is 8.91. The number of fused-ring (bicyclic) bond motifs is 1. The van der Waals surface area contributed by atoms with Crippen LogP contribution in [0, 0.1) is 0 Å². The van der Waals surface area contributed by atoms with Crippen molar-refractivity contribution in [3.63, 3.8) is 0 Å². The Morgan fingerprint density at radius 2 is 2.27 bits per heavy atom. The van der Waals surface area contributed by atoms with Crippen molar-refractivity contribution in [3.05, 3.63) is 35.4 Å². The van der Waals surface area contributed by atoms with Gasteiger partial charge in [0.2, 0.25) is 0 Å². The Labute approximate surface area is 90.6 Å². The third-order valence-corrected chi connectivity index (χ3v) is 2.69. The van der Waals surface area contributed by atoms with Crippen LogP contribution in [0.1, 0.15) is 23.8 Å². The molecule has 0 aliphatic carbocycles. The van der Waals surface area contributed by atoms with Crippen LogP contribution in [0.3, 0.4) is 0 Å². The predicted octanol–water partition coefficient (Wildman–Crippen LogP) is 1.20. The van der Waals surface area contributed by atoms with E-state index in [-0.39, 0.29) is 6.23 Å². The molecule has 82 valence electrons. The van der Waals surface area contributed by atoms with Gasteiger partial charge in [-0.05, 0) is 30.5 Å². The summed E-state index contributed by atoms with van der Waals surface area (Å²) in [4.78, 5) is 0. The molecule has 3 heteroatoms. The largest absolute Gasteiger partial charge is 0.359 e. The van der Waals surface area contributed by atoms with Crippen LogP contribution in [0.15, 0.2) is 24.3 Å². The fourth-order valence-corrected chi connectivity index (χ4v) is 1.90. The highest BCUT2D eigenvalue weighted by atomic mass is 16.5. The van der Waals surface area contributed by atoms with Crippen LogP contribution in [0.2, 0.25) is 0 Å². The number of nitrogens with one attached hydrogen (secondary N) is 1. The minimum absolute atomic E-state index is 0.0569. The van der Waals surface area contributed by atoms with Crippen LogP contribution in [0.5, 0.6) is 0 Å². The number of benzene rings is 1. The van der Waals surface area contributed by atoms with E-state index in [4.69, 9.17) is 10.5 Å². The van der Waals surface area contributed by atoms with Crippen LogP contribution in [-0.4, -0.2) is 19.7 Å². The standard InChI is InChI=1S/C12H18N2O/c13-7-3-9-15-12-11-5-2-1-4-10(11)6-8-14-12/h1-2,4-5,12,14H,3,6-9,13H2. The Morgan fingerprint density at radius 3 is 3.13 bits per heavy atom. The van der Waals surface area contributed by atoms with Gasteiger partial charge in [0.1, 0.15) is 6.23 Å². The van der Waals surface area contributed by atoms with Crippen molar-refractivity contribution >= 4 is 0 Å². The third kappa shape index (κ3) is 2.56. The Morgan fingerprint density at radius 1 is 1.40 bits per heavy atom. The average Bonchev–Trinajstić information content (AvgIpc) is 2.30. The lowest BCUT2D eigenvalue weighted by atomic mass is 10.00. The second-order valence-electron chi connectivity index (χ2n) is 3.80. The van der Waals surface area contributed by atoms with Gasteiger partial charge in [-0.3, -0.25) is 5.32 Å². The van der Waals surface area contributed by atoms with Crippen molar-refractivity contribution in [2.45, 2.75) is 19.1 Å². The molecular formula is C12H18N2O. The maximum absolute atomic E-state index is 5.76. The number of hydrogen-bond acceptors (Lipinski definition) is 3. The van der Waals surface area contributed by atoms with Crippen molar-refractivity contribution in [2.75, 3.05) is 19.7 Å². The molecular weight excluding hydrogens is 188 g/mol. The molecule has 1 aromatic rings. The number of nitrogens with two attached hydrogens (primary N) is 1. The zero-order chi connectivity index (χ0) is 10.5. The van der Waals surface area contributed by atoms with Gasteiger partial charge in [-0.2, -0.15) is 0 Å². The quantitative estimate of drug-likeness (QED) is 0.728. The van der Waals surface area contributed by atoms with E-state index in [9.17, 15) is 0 Å². The summed E-state index contributed by atoms with van der Waals surface area (Å²) in [7, 11) is 0. The molecule has 2 rings (SSSR count). The smallest absolute Gasteiger partial charge is 0.134 e. The summed E-state index contributed by atoms with van der Waals surface area (Å²) in [5.74, 6) is 0. The molecule has 1 aliphatic heterocycles. The molecule has 0 saturated carbocycles. The van der Waals surface area contributed by atoms with Gasteiger partial charge in [0.05, 0.1) is 6.61 Å². The minimum atomic E-state index is 0.0569. The molecule has 0 radical (unpaired) electrons. The molecule has 0 bridgehead atoms. The molecule has 1 heterocycles. The molecule has 0 aromatic heterocycles. The van der Waals surface area contributed by atoms with Gasteiger partial charge in [0.15, 0.2) is 0 Å².